The summed E-state index contributed by atoms with van der Waals surface area (Å²) in [7, 11) is 3.10. The predicted molar refractivity (Wildman–Crippen MR) is 135 cm³/mol. The molecule has 0 spiro atoms. The number of anilines is 1. The minimum Gasteiger partial charge on any atom is -0.493 e. The molecule has 1 saturated heterocycles. The molecule has 0 atom stereocenters. The maximum Gasteiger partial charge on any atom is 0.263 e. The van der Waals surface area contributed by atoms with Crippen molar-refractivity contribution in [3.05, 3.63) is 58.9 Å². The highest BCUT2D eigenvalue weighted by molar-refractivity contribution is 5.95. The number of benzene rings is 2. The van der Waals surface area contributed by atoms with E-state index in [4.69, 9.17) is 23.9 Å². The molecule has 188 valence electrons. The Bertz CT molecular complexity index is 1380. The third-order valence-electron chi connectivity index (χ3n) is 6.39. The Balaban J connectivity index is 1.40. The minimum atomic E-state index is -0.171. The fraction of sp³-hybridized carbons (Fsp3) is 0.346. The number of carbonyl (C=O) groups excluding carboxylic acids is 1. The van der Waals surface area contributed by atoms with Gasteiger partial charge in [0.25, 0.3) is 11.5 Å². The summed E-state index contributed by atoms with van der Waals surface area (Å²) in [6.07, 6.45) is 1.67. The zero-order valence-electron chi connectivity index (χ0n) is 20.4. The molecule has 1 amide bonds. The number of methoxy groups -OCH3 is 2. The van der Waals surface area contributed by atoms with E-state index in [2.05, 4.69) is 6.58 Å². The van der Waals surface area contributed by atoms with Crippen molar-refractivity contribution in [2.75, 3.05) is 58.5 Å². The average molecular weight is 493 g/mol. The Kier molecular flexibility index (Phi) is 6.41. The van der Waals surface area contributed by atoms with Gasteiger partial charge < -0.3 is 28.7 Å². The van der Waals surface area contributed by atoms with Gasteiger partial charge >= 0.3 is 0 Å². The monoisotopic (exact) mass is 492 g/mol. The molecule has 0 bridgehead atoms. The van der Waals surface area contributed by atoms with Crippen LogP contribution in [-0.2, 0) is 6.54 Å². The van der Waals surface area contributed by atoms with Crippen LogP contribution in [0, 0.1) is 0 Å². The molecule has 2 aliphatic rings. The van der Waals surface area contributed by atoms with Crippen molar-refractivity contribution >= 4 is 22.8 Å². The first-order chi connectivity index (χ1) is 17.5. The zero-order valence-corrected chi connectivity index (χ0v) is 20.4. The summed E-state index contributed by atoms with van der Waals surface area (Å²) in [6, 6.07) is 8.59. The fourth-order valence-corrected chi connectivity index (χ4v) is 4.54. The minimum absolute atomic E-state index is 0.0886. The van der Waals surface area contributed by atoms with Crippen molar-refractivity contribution in [2.24, 2.45) is 0 Å². The zero-order chi connectivity index (χ0) is 25.2. The number of hydrogen-bond donors (Lipinski definition) is 0. The number of piperazine rings is 1. The number of carbonyl (C=O) groups is 1. The van der Waals surface area contributed by atoms with Gasteiger partial charge in [-0.3, -0.25) is 14.2 Å². The van der Waals surface area contributed by atoms with E-state index in [1.165, 1.54) is 0 Å². The highest BCUT2D eigenvalue weighted by Gasteiger charge is 2.26. The first-order valence-corrected chi connectivity index (χ1v) is 11.8. The van der Waals surface area contributed by atoms with E-state index in [1.807, 2.05) is 4.90 Å². The Hall–Kier alpha value is -4.21. The molecular formula is C26H28N4O6. The molecule has 5 rings (SSSR count). The number of ether oxygens (including phenoxy) is 4. The van der Waals surface area contributed by atoms with Crippen molar-refractivity contribution in [3.63, 3.8) is 0 Å². The standard InChI is InChI=1S/C26H28N4O6/c1-4-7-30-25(32)18-15-22-23(36-13-12-35-22)16-19(18)27-26(30)29-10-8-28(9-11-29)24(31)17-5-6-20(33-2)21(14-17)34-3/h4-6,14-16H,1,7-13H2,2-3H3. The van der Waals surface area contributed by atoms with E-state index in [-0.39, 0.29) is 11.5 Å². The van der Waals surface area contributed by atoms with Gasteiger partial charge in [0, 0.05) is 44.4 Å². The lowest BCUT2D eigenvalue weighted by Crippen LogP contribution is -2.50. The van der Waals surface area contributed by atoms with Gasteiger partial charge in [0.2, 0.25) is 5.95 Å². The Morgan fingerprint density at radius 3 is 2.39 bits per heavy atom. The third kappa shape index (κ3) is 4.19. The SMILES string of the molecule is C=CCn1c(N2CCN(C(=O)c3ccc(OC)c(OC)c3)CC2)nc2cc3c(cc2c1=O)OCCO3. The molecule has 10 heteroatoms. The molecule has 1 fully saturated rings. The van der Waals surface area contributed by atoms with Crippen molar-refractivity contribution in [1.82, 2.24) is 14.5 Å². The highest BCUT2D eigenvalue weighted by Crippen LogP contribution is 2.34. The van der Waals surface area contributed by atoms with E-state index in [0.717, 1.165) is 0 Å². The molecule has 0 radical (unpaired) electrons. The molecule has 0 saturated carbocycles. The number of hydrogen-bond acceptors (Lipinski definition) is 8. The molecule has 1 aromatic heterocycles. The second-order valence-corrected chi connectivity index (χ2v) is 8.48. The van der Waals surface area contributed by atoms with Gasteiger partial charge in [-0.2, -0.15) is 0 Å². The molecule has 3 heterocycles. The number of allylic oxidation sites excluding steroid dienone is 1. The van der Waals surface area contributed by atoms with Crippen molar-refractivity contribution in [1.29, 1.82) is 0 Å². The second kappa shape index (κ2) is 9.80. The quantitative estimate of drug-likeness (QED) is 0.484. The van der Waals surface area contributed by atoms with E-state index in [9.17, 15) is 9.59 Å². The van der Waals surface area contributed by atoms with Gasteiger partial charge in [0.15, 0.2) is 23.0 Å². The van der Waals surface area contributed by atoms with E-state index >= 15 is 0 Å². The number of fused-ring (bicyclic) bond motifs is 2. The lowest BCUT2D eigenvalue weighted by Gasteiger charge is -2.36. The normalized spacial score (nSPS) is 15.1. The van der Waals surface area contributed by atoms with E-state index in [0.29, 0.717) is 91.4 Å². The predicted octanol–water partition coefficient (Wildman–Crippen LogP) is 2.33. The van der Waals surface area contributed by atoms with Crippen LogP contribution >= 0.6 is 0 Å². The first kappa shape index (κ1) is 23.5. The first-order valence-electron chi connectivity index (χ1n) is 11.8. The van der Waals surface area contributed by atoms with Gasteiger partial charge in [0.05, 0.1) is 25.1 Å². The maximum absolute atomic E-state index is 13.4. The smallest absolute Gasteiger partial charge is 0.263 e. The van der Waals surface area contributed by atoms with Crippen LogP contribution in [-0.4, -0.2) is 74.0 Å². The fourth-order valence-electron chi connectivity index (χ4n) is 4.54. The van der Waals surface area contributed by atoms with E-state index < -0.39 is 0 Å². The maximum atomic E-state index is 13.4. The third-order valence-corrected chi connectivity index (χ3v) is 6.39. The Morgan fingerprint density at radius 2 is 1.72 bits per heavy atom. The largest absolute Gasteiger partial charge is 0.493 e. The molecule has 10 nitrogen and oxygen atoms in total. The molecule has 0 unspecified atom stereocenters. The Morgan fingerprint density at radius 1 is 1.03 bits per heavy atom. The summed E-state index contributed by atoms with van der Waals surface area (Å²) in [5.41, 5.74) is 0.902. The summed E-state index contributed by atoms with van der Waals surface area (Å²) < 4.78 is 23.5. The van der Waals surface area contributed by atoms with Gasteiger partial charge in [-0.1, -0.05) is 6.08 Å². The van der Waals surface area contributed by atoms with E-state index in [1.54, 1.807) is 60.1 Å². The van der Waals surface area contributed by atoms with Gasteiger partial charge in [-0.15, -0.1) is 6.58 Å². The Labute approximate surface area is 208 Å². The highest BCUT2D eigenvalue weighted by atomic mass is 16.6. The summed E-state index contributed by atoms with van der Waals surface area (Å²) in [5.74, 6) is 2.66. The van der Waals surface area contributed by atoms with Crippen LogP contribution in [0.15, 0.2) is 47.8 Å². The summed E-state index contributed by atoms with van der Waals surface area (Å²) >= 11 is 0. The topological polar surface area (TPSA) is 95.4 Å². The lowest BCUT2D eigenvalue weighted by atomic mass is 10.1. The van der Waals surface area contributed by atoms with Gasteiger partial charge in [-0.25, -0.2) is 4.98 Å². The molecule has 36 heavy (non-hydrogen) atoms. The van der Waals surface area contributed by atoms with Crippen molar-refractivity contribution in [2.45, 2.75) is 6.54 Å². The number of amides is 1. The number of nitrogens with zero attached hydrogens (tertiary/aromatic N) is 4. The van der Waals surface area contributed by atoms with Crippen LogP contribution in [0.3, 0.4) is 0 Å². The summed E-state index contributed by atoms with van der Waals surface area (Å²) in [4.78, 5) is 35.2. The van der Waals surface area contributed by atoms with Gasteiger partial charge in [0.1, 0.15) is 13.2 Å². The molecule has 0 aliphatic carbocycles. The van der Waals surface area contributed by atoms with Crippen LogP contribution in [0.5, 0.6) is 23.0 Å². The van der Waals surface area contributed by atoms with Crippen LogP contribution in [0.4, 0.5) is 5.95 Å². The molecule has 2 aromatic carbocycles. The molecule has 0 N–H and O–H groups in total. The molecule has 3 aromatic rings. The molecular weight excluding hydrogens is 464 g/mol. The number of rotatable bonds is 6. The van der Waals surface area contributed by atoms with Crippen LogP contribution in [0.1, 0.15) is 10.4 Å². The lowest BCUT2D eigenvalue weighted by molar-refractivity contribution is 0.0745. The summed E-state index contributed by atoms with van der Waals surface area (Å²) in [5, 5.41) is 0.465. The second-order valence-electron chi connectivity index (χ2n) is 8.48. The van der Waals surface area contributed by atoms with Crippen LogP contribution < -0.4 is 29.4 Å². The van der Waals surface area contributed by atoms with Crippen LogP contribution in [0.2, 0.25) is 0 Å². The van der Waals surface area contributed by atoms with Crippen LogP contribution in [0.25, 0.3) is 10.9 Å². The average Bonchev–Trinajstić information content (AvgIpc) is 2.93. The number of aromatic nitrogens is 2. The molecule has 2 aliphatic heterocycles. The van der Waals surface area contributed by atoms with Gasteiger partial charge in [-0.05, 0) is 24.3 Å². The summed E-state index contributed by atoms with van der Waals surface area (Å²) in [6.45, 7) is 7.03. The van der Waals surface area contributed by atoms with Crippen molar-refractivity contribution in [3.8, 4) is 23.0 Å². The van der Waals surface area contributed by atoms with Crippen molar-refractivity contribution < 1.29 is 23.7 Å².